The number of rotatable bonds is 8. The molecule has 1 aromatic carbocycles. The first-order valence-corrected chi connectivity index (χ1v) is 8.51. The van der Waals surface area contributed by atoms with Crippen molar-refractivity contribution in [2.45, 2.75) is 31.3 Å². The second-order valence-corrected chi connectivity index (χ2v) is 6.61. The van der Waals surface area contributed by atoms with Crippen LogP contribution in [0, 0.1) is 0 Å². The summed E-state index contributed by atoms with van der Waals surface area (Å²) in [6, 6.07) is 6.63. The highest BCUT2D eigenvalue weighted by atomic mass is 127. The fourth-order valence-corrected chi connectivity index (χ4v) is 2.85. The Bertz CT molecular complexity index is 591. The normalized spacial score (nSPS) is 13.3. The van der Waals surface area contributed by atoms with Gasteiger partial charge in [0.2, 0.25) is 10.0 Å². The molecule has 1 atom stereocenters. The van der Waals surface area contributed by atoms with Gasteiger partial charge < -0.3 is 15.8 Å². The molecule has 9 heteroatoms. The first kappa shape index (κ1) is 22.1. The summed E-state index contributed by atoms with van der Waals surface area (Å²) >= 11 is 0. The fourth-order valence-electron chi connectivity index (χ4n) is 1.81. The van der Waals surface area contributed by atoms with Crippen molar-refractivity contribution in [3.05, 3.63) is 29.8 Å². The lowest BCUT2D eigenvalue weighted by Crippen LogP contribution is -2.40. The van der Waals surface area contributed by atoms with Crippen LogP contribution in [-0.4, -0.2) is 40.7 Å². The van der Waals surface area contributed by atoms with Crippen molar-refractivity contribution in [1.82, 2.24) is 10.0 Å². The van der Waals surface area contributed by atoms with Crippen molar-refractivity contribution in [3.63, 3.8) is 0 Å². The van der Waals surface area contributed by atoms with Crippen LogP contribution in [-0.2, 0) is 21.3 Å². The van der Waals surface area contributed by atoms with E-state index < -0.39 is 10.0 Å². The quantitative estimate of drug-likeness (QED) is 0.308. The Labute approximate surface area is 155 Å². The minimum Gasteiger partial charge on any atom is -0.383 e. The van der Waals surface area contributed by atoms with Gasteiger partial charge in [-0.1, -0.05) is 19.1 Å². The van der Waals surface area contributed by atoms with Crippen LogP contribution in [0.25, 0.3) is 0 Å². The molecule has 0 saturated heterocycles. The lowest BCUT2D eigenvalue weighted by atomic mass is 10.2. The van der Waals surface area contributed by atoms with Crippen LogP contribution in [0.4, 0.5) is 0 Å². The van der Waals surface area contributed by atoms with Crippen molar-refractivity contribution >= 4 is 40.0 Å². The zero-order valence-corrected chi connectivity index (χ0v) is 16.7. The van der Waals surface area contributed by atoms with Crippen LogP contribution in [0.2, 0.25) is 0 Å². The van der Waals surface area contributed by atoms with E-state index in [0.29, 0.717) is 25.7 Å². The molecule has 0 saturated carbocycles. The minimum absolute atomic E-state index is 0. The van der Waals surface area contributed by atoms with Crippen molar-refractivity contribution in [1.29, 1.82) is 0 Å². The summed E-state index contributed by atoms with van der Waals surface area (Å²) in [6.07, 6.45) is 0. The van der Waals surface area contributed by atoms with Crippen LogP contribution in [0.1, 0.15) is 19.4 Å². The molecule has 0 heterocycles. The van der Waals surface area contributed by atoms with E-state index in [9.17, 15) is 8.42 Å². The number of nitrogens with zero attached hydrogens (tertiary/aromatic N) is 1. The summed E-state index contributed by atoms with van der Waals surface area (Å²) in [4.78, 5) is 4.45. The van der Waals surface area contributed by atoms with Gasteiger partial charge in [0.15, 0.2) is 5.96 Å². The van der Waals surface area contributed by atoms with Gasteiger partial charge in [-0.2, -0.15) is 0 Å². The van der Waals surface area contributed by atoms with Gasteiger partial charge in [-0.3, -0.25) is 0 Å². The van der Waals surface area contributed by atoms with E-state index in [-0.39, 0.29) is 34.9 Å². The number of aliphatic imine (C=N–C) groups is 1. The van der Waals surface area contributed by atoms with Crippen LogP contribution in [0.15, 0.2) is 34.2 Å². The maximum absolute atomic E-state index is 11.8. The number of guanidine groups is 1. The van der Waals surface area contributed by atoms with Gasteiger partial charge in [-0.05, 0) is 24.6 Å². The number of hydrogen-bond acceptors (Lipinski definition) is 4. The second kappa shape index (κ2) is 10.8. The van der Waals surface area contributed by atoms with Crippen LogP contribution in [0.3, 0.4) is 0 Å². The predicted molar refractivity (Wildman–Crippen MR) is 103 cm³/mol. The largest absolute Gasteiger partial charge is 0.383 e. The topological polar surface area (TPSA) is 106 Å². The van der Waals surface area contributed by atoms with Crippen LogP contribution < -0.4 is 15.8 Å². The average molecular weight is 456 g/mol. The molecular formula is C14H25IN4O3S. The molecule has 0 aromatic heterocycles. The Morgan fingerprint density at radius 2 is 1.96 bits per heavy atom. The monoisotopic (exact) mass is 456 g/mol. The molecule has 1 unspecified atom stereocenters. The number of nitrogens with one attached hydrogen (secondary N) is 2. The molecule has 7 nitrogen and oxygen atoms in total. The Kier molecular flexibility index (Phi) is 10.4. The third-order valence-corrected chi connectivity index (χ3v) is 4.37. The summed E-state index contributed by atoms with van der Waals surface area (Å²) < 4.78 is 31.1. The molecule has 0 fully saturated rings. The summed E-state index contributed by atoms with van der Waals surface area (Å²) in [5.74, 6) is 0.328. The van der Waals surface area contributed by atoms with E-state index in [4.69, 9.17) is 10.5 Å². The molecule has 23 heavy (non-hydrogen) atoms. The maximum Gasteiger partial charge on any atom is 0.240 e. The van der Waals surface area contributed by atoms with E-state index >= 15 is 0 Å². The maximum atomic E-state index is 11.8. The van der Waals surface area contributed by atoms with E-state index in [2.05, 4.69) is 15.0 Å². The van der Waals surface area contributed by atoms with Crippen molar-refractivity contribution in [3.8, 4) is 0 Å². The Hall–Kier alpha value is -0.910. The molecule has 132 valence electrons. The van der Waals surface area contributed by atoms with Crippen molar-refractivity contribution < 1.29 is 13.2 Å². The lowest BCUT2D eigenvalue weighted by Gasteiger charge is -2.13. The molecule has 0 radical (unpaired) electrons. The van der Waals surface area contributed by atoms with Gasteiger partial charge in [0.1, 0.15) is 0 Å². The highest BCUT2D eigenvalue weighted by Gasteiger charge is 2.11. The van der Waals surface area contributed by atoms with Gasteiger partial charge in [0, 0.05) is 19.7 Å². The molecule has 1 aromatic rings. The molecule has 1 rings (SSSR count). The standard InChI is InChI=1S/C14H24N4O3S.HI/c1-4-17-22(19,20)13-7-5-12(6-8-13)9-16-14(15)18-11(2)10-21-3;/h5-8,11,17H,4,9-10H2,1-3H3,(H3,15,16,18);1H. The third-order valence-electron chi connectivity index (χ3n) is 2.81. The molecule has 0 spiro atoms. The Morgan fingerprint density at radius 1 is 1.35 bits per heavy atom. The highest BCUT2D eigenvalue weighted by molar-refractivity contribution is 14.0. The number of hydrogen-bond donors (Lipinski definition) is 3. The molecular weight excluding hydrogens is 431 g/mol. The van der Waals surface area contributed by atoms with E-state index in [0.717, 1.165) is 5.56 Å². The third kappa shape index (κ3) is 7.95. The molecule has 0 bridgehead atoms. The SMILES string of the molecule is CCNS(=O)(=O)c1ccc(CN=C(N)NC(C)COC)cc1.I. The highest BCUT2D eigenvalue weighted by Crippen LogP contribution is 2.11. The Morgan fingerprint density at radius 3 is 2.48 bits per heavy atom. The number of ether oxygens (including phenoxy) is 1. The van der Waals surface area contributed by atoms with Crippen molar-refractivity contribution in [2.75, 3.05) is 20.3 Å². The summed E-state index contributed by atoms with van der Waals surface area (Å²) in [7, 11) is -1.80. The molecule has 0 aliphatic heterocycles. The number of methoxy groups -OCH3 is 1. The van der Waals surface area contributed by atoms with E-state index in [1.54, 1.807) is 38.3 Å². The second-order valence-electron chi connectivity index (χ2n) is 4.85. The zero-order valence-electron chi connectivity index (χ0n) is 13.6. The predicted octanol–water partition coefficient (Wildman–Crippen LogP) is 1.04. The smallest absolute Gasteiger partial charge is 0.240 e. The number of benzene rings is 1. The van der Waals surface area contributed by atoms with E-state index in [1.807, 2.05) is 6.92 Å². The summed E-state index contributed by atoms with van der Waals surface area (Å²) in [6.45, 7) is 4.94. The Balaban J connectivity index is 0.00000484. The van der Waals surface area contributed by atoms with Crippen LogP contribution in [0.5, 0.6) is 0 Å². The van der Waals surface area contributed by atoms with Crippen LogP contribution >= 0.6 is 24.0 Å². The number of nitrogens with two attached hydrogens (primary N) is 1. The van der Waals surface area contributed by atoms with Gasteiger partial charge in [-0.25, -0.2) is 18.1 Å². The lowest BCUT2D eigenvalue weighted by molar-refractivity contribution is 0.179. The first-order valence-electron chi connectivity index (χ1n) is 7.03. The number of sulfonamides is 1. The molecule has 0 amide bonds. The summed E-state index contributed by atoms with van der Waals surface area (Å²) in [5.41, 5.74) is 6.64. The zero-order chi connectivity index (χ0) is 16.6. The first-order chi connectivity index (χ1) is 10.4. The van der Waals surface area contributed by atoms with Gasteiger partial charge in [0.25, 0.3) is 0 Å². The fraction of sp³-hybridized carbons (Fsp3) is 0.500. The van der Waals surface area contributed by atoms with Gasteiger partial charge in [-0.15, -0.1) is 24.0 Å². The van der Waals surface area contributed by atoms with Crippen molar-refractivity contribution in [2.24, 2.45) is 10.7 Å². The molecule has 4 N–H and O–H groups in total. The number of halogens is 1. The summed E-state index contributed by atoms with van der Waals surface area (Å²) in [5, 5.41) is 3.00. The minimum atomic E-state index is -3.42. The molecule has 0 aliphatic carbocycles. The molecule has 0 aliphatic rings. The average Bonchev–Trinajstić information content (AvgIpc) is 2.45. The van der Waals surface area contributed by atoms with Gasteiger partial charge >= 0.3 is 0 Å². The van der Waals surface area contributed by atoms with E-state index in [1.165, 1.54) is 0 Å². The van der Waals surface area contributed by atoms with Gasteiger partial charge in [0.05, 0.1) is 18.0 Å².